The fraction of sp³-hybridized carbons (Fsp3) is 0.318. The average molecular weight is 412 g/mol. The third kappa shape index (κ3) is 4.45. The highest BCUT2D eigenvalue weighted by Crippen LogP contribution is 2.28. The fourth-order valence-corrected chi connectivity index (χ4v) is 5.22. The molecule has 0 saturated carbocycles. The molecule has 2 aromatic carbocycles. The van der Waals surface area contributed by atoms with Crippen LogP contribution in [0.25, 0.3) is 11.0 Å². The van der Waals surface area contributed by atoms with Crippen LogP contribution in [0.5, 0.6) is 0 Å². The second-order valence-corrected chi connectivity index (χ2v) is 8.94. The van der Waals surface area contributed by atoms with E-state index in [9.17, 15) is 13.2 Å². The monoisotopic (exact) mass is 411 g/mol. The predicted octanol–water partition coefficient (Wildman–Crippen LogP) is 3.46. The quantitative estimate of drug-likeness (QED) is 0.595. The summed E-state index contributed by atoms with van der Waals surface area (Å²) in [4.78, 5) is 23.7. The Labute approximate surface area is 171 Å². The van der Waals surface area contributed by atoms with Gasteiger partial charge in [0.1, 0.15) is 0 Å². The van der Waals surface area contributed by atoms with Crippen molar-refractivity contribution in [3.8, 4) is 0 Å². The lowest BCUT2D eigenvalue weighted by molar-refractivity contribution is -0.130. The lowest BCUT2D eigenvalue weighted by Gasteiger charge is -2.25. The Hall–Kier alpha value is -2.80. The van der Waals surface area contributed by atoms with Gasteiger partial charge in [-0.05, 0) is 38.5 Å². The Morgan fingerprint density at radius 3 is 2.07 bits per heavy atom. The molecule has 3 rings (SSSR count). The molecule has 0 radical (unpaired) electrons. The van der Waals surface area contributed by atoms with E-state index in [4.69, 9.17) is 0 Å². The third-order valence-corrected chi connectivity index (χ3v) is 6.81. The van der Waals surface area contributed by atoms with Crippen LogP contribution in [0.3, 0.4) is 0 Å². The van der Waals surface area contributed by atoms with Crippen molar-refractivity contribution in [2.75, 3.05) is 13.1 Å². The number of rotatable bonds is 7. The van der Waals surface area contributed by atoms with E-state index < -0.39 is 21.0 Å². The van der Waals surface area contributed by atoms with Crippen LogP contribution in [-0.2, 0) is 20.4 Å². The predicted molar refractivity (Wildman–Crippen MR) is 114 cm³/mol. The molecular formula is C22H25N3O3S. The van der Waals surface area contributed by atoms with Gasteiger partial charge in [-0.2, -0.15) is 0 Å². The van der Waals surface area contributed by atoms with Crippen molar-refractivity contribution in [3.05, 3.63) is 71.5 Å². The molecule has 0 aliphatic heterocycles. The molecule has 29 heavy (non-hydrogen) atoms. The smallest absolute Gasteiger partial charge is 0.245 e. The molecule has 0 N–H and O–H groups in total. The summed E-state index contributed by atoms with van der Waals surface area (Å²) in [6.07, 6.45) is 0. The molecule has 152 valence electrons. The molecule has 0 aliphatic carbocycles. The van der Waals surface area contributed by atoms with E-state index in [0.717, 1.165) is 0 Å². The first-order valence-corrected chi connectivity index (χ1v) is 11.4. The third-order valence-electron chi connectivity index (χ3n) is 4.94. The molecule has 6 nitrogen and oxygen atoms in total. The molecule has 3 aromatic rings. The van der Waals surface area contributed by atoms with Gasteiger partial charge in [0, 0.05) is 13.1 Å². The average Bonchev–Trinajstić information content (AvgIpc) is 2.70. The number of para-hydroxylation sites is 2. The number of fused-ring (bicyclic) bond motifs is 1. The van der Waals surface area contributed by atoms with Crippen molar-refractivity contribution in [1.29, 1.82) is 0 Å². The minimum absolute atomic E-state index is 0.344. The van der Waals surface area contributed by atoms with E-state index >= 15 is 0 Å². The summed E-state index contributed by atoms with van der Waals surface area (Å²) in [5, 5.41) is -1.27. The second-order valence-electron chi connectivity index (χ2n) is 6.85. The van der Waals surface area contributed by atoms with E-state index in [0.29, 0.717) is 41.1 Å². The van der Waals surface area contributed by atoms with Gasteiger partial charge in [-0.1, -0.05) is 42.5 Å². The molecule has 1 heterocycles. The van der Waals surface area contributed by atoms with Gasteiger partial charge in [0.05, 0.1) is 28.2 Å². The summed E-state index contributed by atoms with van der Waals surface area (Å²) < 4.78 is 26.9. The maximum Gasteiger partial charge on any atom is 0.245 e. The summed E-state index contributed by atoms with van der Waals surface area (Å²) in [5.74, 6) is -0.754. The summed E-state index contributed by atoms with van der Waals surface area (Å²) in [7, 11) is -3.88. The first kappa shape index (κ1) is 20.9. The number of carbonyl (C=O) groups excluding carboxylic acids is 1. The van der Waals surface area contributed by atoms with E-state index in [-0.39, 0.29) is 5.75 Å². The van der Waals surface area contributed by atoms with Crippen molar-refractivity contribution >= 4 is 26.8 Å². The molecule has 0 unspecified atom stereocenters. The number of hydrogen-bond acceptors (Lipinski definition) is 5. The maximum atomic E-state index is 13.5. The molecule has 7 heteroatoms. The van der Waals surface area contributed by atoms with Crippen LogP contribution in [0.2, 0.25) is 0 Å². The zero-order chi connectivity index (χ0) is 21.0. The fourth-order valence-electron chi connectivity index (χ4n) is 3.37. The SMILES string of the molecule is CCN(CC)C(=O)[C@H](c1ccccc1)S(=O)(=O)Cc1nc2ccccc2nc1C. The van der Waals surface area contributed by atoms with Gasteiger partial charge in [0.2, 0.25) is 5.91 Å². The standard InChI is InChI=1S/C22H25N3O3S/c1-4-25(5-2)22(26)21(17-11-7-6-8-12-17)29(27,28)15-20-16(3)23-18-13-9-10-14-19(18)24-20/h6-14,21H,4-5,15H2,1-3H3/t21-/m0/s1. The lowest BCUT2D eigenvalue weighted by Crippen LogP contribution is -2.38. The number of aryl methyl sites for hydroxylation is 1. The normalized spacial score (nSPS) is 12.7. The molecular weight excluding hydrogens is 386 g/mol. The topological polar surface area (TPSA) is 80.2 Å². The number of nitrogens with zero attached hydrogens (tertiary/aromatic N) is 3. The molecule has 1 aromatic heterocycles. The van der Waals surface area contributed by atoms with Gasteiger partial charge < -0.3 is 4.90 Å². The Kier molecular flexibility index (Phi) is 6.27. The minimum atomic E-state index is -3.88. The van der Waals surface area contributed by atoms with E-state index in [2.05, 4.69) is 9.97 Å². The largest absolute Gasteiger partial charge is 0.342 e. The summed E-state index contributed by atoms with van der Waals surface area (Å²) >= 11 is 0. The van der Waals surface area contributed by atoms with Crippen molar-refractivity contribution in [2.24, 2.45) is 0 Å². The highest BCUT2D eigenvalue weighted by atomic mass is 32.2. The summed E-state index contributed by atoms with van der Waals surface area (Å²) in [6.45, 7) is 6.32. The molecule has 0 bridgehead atoms. The van der Waals surface area contributed by atoms with Crippen molar-refractivity contribution in [1.82, 2.24) is 14.9 Å². The van der Waals surface area contributed by atoms with Crippen LogP contribution in [0, 0.1) is 6.92 Å². The molecule has 1 amide bonds. The highest BCUT2D eigenvalue weighted by molar-refractivity contribution is 7.91. The molecule has 0 aliphatic rings. The second kappa shape index (κ2) is 8.69. The number of benzene rings is 2. The van der Waals surface area contributed by atoms with Crippen molar-refractivity contribution in [2.45, 2.75) is 31.8 Å². The van der Waals surface area contributed by atoms with Gasteiger partial charge in [-0.3, -0.25) is 4.79 Å². The maximum absolute atomic E-state index is 13.5. The Morgan fingerprint density at radius 2 is 1.48 bits per heavy atom. The first-order chi connectivity index (χ1) is 13.9. The number of likely N-dealkylation sites (N-methyl/N-ethyl adjacent to an activating group) is 1. The van der Waals surface area contributed by atoms with Crippen LogP contribution in [0.15, 0.2) is 54.6 Å². The van der Waals surface area contributed by atoms with Crippen molar-refractivity contribution < 1.29 is 13.2 Å². The van der Waals surface area contributed by atoms with E-state index in [1.54, 1.807) is 48.2 Å². The first-order valence-electron chi connectivity index (χ1n) is 9.65. The van der Waals surface area contributed by atoms with Gasteiger partial charge >= 0.3 is 0 Å². The van der Waals surface area contributed by atoms with Crippen LogP contribution < -0.4 is 0 Å². The highest BCUT2D eigenvalue weighted by Gasteiger charge is 2.37. The van der Waals surface area contributed by atoms with Crippen LogP contribution in [-0.4, -0.2) is 42.3 Å². The van der Waals surface area contributed by atoms with Gasteiger partial charge in [0.15, 0.2) is 15.1 Å². The van der Waals surface area contributed by atoms with E-state index in [1.165, 1.54) is 0 Å². The van der Waals surface area contributed by atoms with Crippen molar-refractivity contribution in [3.63, 3.8) is 0 Å². The van der Waals surface area contributed by atoms with Crippen LogP contribution in [0.1, 0.15) is 36.0 Å². The Morgan fingerprint density at radius 1 is 0.931 bits per heavy atom. The number of carbonyl (C=O) groups is 1. The molecule has 0 fully saturated rings. The minimum Gasteiger partial charge on any atom is -0.342 e. The number of hydrogen-bond donors (Lipinski definition) is 0. The van der Waals surface area contributed by atoms with Gasteiger partial charge in [0.25, 0.3) is 0 Å². The number of aromatic nitrogens is 2. The zero-order valence-corrected chi connectivity index (χ0v) is 17.7. The summed E-state index contributed by atoms with van der Waals surface area (Å²) in [5.41, 5.74) is 2.74. The molecule has 0 saturated heterocycles. The van der Waals surface area contributed by atoms with Gasteiger partial charge in [-0.15, -0.1) is 0 Å². The zero-order valence-electron chi connectivity index (χ0n) is 16.9. The van der Waals surface area contributed by atoms with Gasteiger partial charge in [-0.25, -0.2) is 18.4 Å². The molecule has 1 atom stereocenters. The van der Waals surface area contributed by atoms with Crippen LogP contribution in [0.4, 0.5) is 0 Å². The number of sulfone groups is 1. The van der Waals surface area contributed by atoms with Crippen LogP contribution >= 0.6 is 0 Å². The Balaban J connectivity index is 2.05. The van der Waals surface area contributed by atoms with E-state index in [1.807, 2.05) is 32.0 Å². The number of amides is 1. The Bertz CT molecular complexity index is 1110. The summed E-state index contributed by atoms with van der Waals surface area (Å²) in [6, 6.07) is 16.0. The molecule has 0 spiro atoms. The lowest BCUT2D eigenvalue weighted by atomic mass is 10.1.